The molecule has 0 atom stereocenters. The minimum absolute atomic E-state index is 0.0595. The van der Waals surface area contributed by atoms with Gasteiger partial charge in [-0.1, -0.05) is 11.6 Å². The molecule has 0 bridgehead atoms. The van der Waals surface area contributed by atoms with Crippen molar-refractivity contribution in [3.8, 4) is 11.3 Å². The fourth-order valence-corrected chi connectivity index (χ4v) is 4.02. The summed E-state index contributed by atoms with van der Waals surface area (Å²) in [6, 6.07) is 12.5. The maximum Gasteiger partial charge on any atom is 0.294 e. The molecule has 1 aliphatic rings. The molecule has 34 heavy (non-hydrogen) atoms. The highest BCUT2D eigenvalue weighted by Gasteiger charge is 2.36. The van der Waals surface area contributed by atoms with Gasteiger partial charge in [-0.25, -0.2) is 4.39 Å². The molecule has 2 heterocycles. The number of imide groups is 1. The maximum atomic E-state index is 13.2. The molecule has 1 N–H and O–H groups in total. The lowest BCUT2D eigenvalue weighted by Gasteiger charge is -2.12. The van der Waals surface area contributed by atoms with E-state index in [1.807, 2.05) is 0 Å². The number of carbonyl (C=O) groups is 3. The predicted octanol–water partition coefficient (Wildman–Crippen LogP) is 5.32. The second-order valence-electron chi connectivity index (χ2n) is 6.95. The molecule has 0 aliphatic carbocycles. The number of hydrogen-bond donors (Lipinski definition) is 1. The van der Waals surface area contributed by atoms with E-state index in [0.29, 0.717) is 23.1 Å². The molecular formula is C22H13ClFN3O6S. The van der Waals surface area contributed by atoms with Gasteiger partial charge >= 0.3 is 0 Å². The van der Waals surface area contributed by atoms with E-state index in [9.17, 15) is 28.9 Å². The lowest BCUT2D eigenvalue weighted by Crippen LogP contribution is -2.36. The Morgan fingerprint density at radius 2 is 1.91 bits per heavy atom. The van der Waals surface area contributed by atoms with E-state index >= 15 is 0 Å². The summed E-state index contributed by atoms with van der Waals surface area (Å²) in [4.78, 5) is 48.3. The van der Waals surface area contributed by atoms with Gasteiger partial charge in [-0.15, -0.1) is 0 Å². The molecule has 172 valence electrons. The molecule has 1 aromatic heterocycles. The smallest absolute Gasteiger partial charge is 0.294 e. The van der Waals surface area contributed by atoms with Gasteiger partial charge < -0.3 is 9.73 Å². The van der Waals surface area contributed by atoms with E-state index in [2.05, 4.69) is 5.32 Å². The Morgan fingerprint density at radius 3 is 2.59 bits per heavy atom. The van der Waals surface area contributed by atoms with E-state index in [0.717, 1.165) is 11.0 Å². The molecule has 3 aromatic rings. The third-order valence-electron chi connectivity index (χ3n) is 4.64. The number of carbonyl (C=O) groups excluding carboxylic acids is 3. The van der Waals surface area contributed by atoms with E-state index in [-0.39, 0.29) is 27.1 Å². The molecule has 0 radical (unpaired) electrons. The van der Waals surface area contributed by atoms with Gasteiger partial charge in [0.15, 0.2) is 0 Å². The van der Waals surface area contributed by atoms with Crippen molar-refractivity contribution >= 4 is 57.9 Å². The van der Waals surface area contributed by atoms with Crippen molar-refractivity contribution in [3.05, 3.63) is 86.2 Å². The Kier molecular flexibility index (Phi) is 6.48. The summed E-state index contributed by atoms with van der Waals surface area (Å²) in [5.74, 6) is -1.28. The number of nitrogens with zero attached hydrogens (tertiary/aromatic N) is 2. The molecule has 1 fully saturated rings. The first kappa shape index (κ1) is 23.2. The summed E-state index contributed by atoms with van der Waals surface area (Å²) in [6.07, 6.45) is 1.37. The van der Waals surface area contributed by atoms with Crippen LogP contribution in [-0.4, -0.2) is 33.4 Å². The molecule has 12 heteroatoms. The van der Waals surface area contributed by atoms with Gasteiger partial charge in [0.05, 0.1) is 14.9 Å². The van der Waals surface area contributed by atoms with Gasteiger partial charge in [0.2, 0.25) is 5.91 Å². The summed E-state index contributed by atoms with van der Waals surface area (Å²) in [5.41, 5.74) is 0.750. The number of benzene rings is 2. The van der Waals surface area contributed by atoms with Crippen LogP contribution in [-0.2, 0) is 9.59 Å². The lowest BCUT2D eigenvalue weighted by atomic mass is 10.1. The SMILES string of the molecule is O=C(CN1C(=O)S/C(=C/c2ccc(-c3ccc([N+](=O)[O-])cc3)o2)C1=O)Nc1ccc(F)c(Cl)c1. The number of nitro groups is 1. The Labute approximate surface area is 200 Å². The predicted molar refractivity (Wildman–Crippen MR) is 124 cm³/mol. The first-order valence-corrected chi connectivity index (χ1v) is 10.8. The van der Waals surface area contributed by atoms with Crippen LogP contribution in [0.2, 0.25) is 5.02 Å². The summed E-state index contributed by atoms with van der Waals surface area (Å²) < 4.78 is 18.9. The zero-order valence-corrected chi connectivity index (χ0v) is 18.6. The standard InChI is InChI=1S/C22H13ClFN3O6S/c23-16-9-13(3-7-17(16)24)25-20(28)11-26-21(29)19(34-22(26)30)10-15-6-8-18(33-15)12-1-4-14(5-2-12)27(31)32/h1-10H,11H2,(H,25,28)/b19-10+. The molecular weight excluding hydrogens is 489 g/mol. The summed E-state index contributed by atoms with van der Waals surface area (Å²) in [6.45, 7) is -0.538. The Morgan fingerprint density at radius 1 is 1.18 bits per heavy atom. The Hall–Kier alpha value is -3.96. The molecule has 1 saturated heterocycles. The van der Waals surface area contributed by atoms with Crippen molar-refractivity contribution in [2.75, 3.05) is 11.9 Å². The van der Waals surface area contributed by atoms with Crippen LogP contribution < -0.4 is 5.32 Å². The van der Waals surface area contributed by atoms with E-state index in [4.69, 9.17) is 16.0 Å². The van der Waals surface area contributed by atoms with Crippen molar-refractivity contribution in [3.63, 3.8) is 0 Å². The average Bonchev–Trinajstić information content (AvgIpc) is 3.37. The summed E-state index contributed by atoms with van der Waals surface area (Å²) in [5, 5.41) is 12.4. The zero-order valence-electron chi connectivity index (χ0n) is 17.0. The number of nitro benzene ring substituents is 1. The lowest BCUT2D eigenvalue weighted by molar-refractivity contribution is -0.384. The van der Waals surface area contributed by atoms with Crippen LogP contribution in [0.25, 0.3) is 17.4 Å². The van der Waals surface area contributed by atoms with Crippen molar-refractivity contribution in [1.29, 1.82) is 0 Å². The molecule has 3 amide bonds. The van der Waals surface area contributed by atoms with Crippen LogP contribution in [0, 0.1) is 15.9 Å². The maximum absolute atomic E-state index is 13.2. The van der Waals surface area contributed by atoms with Crippen molar-refractivity contribution in [2.45, 2.75) is 0 Å². The number of rotatable bonds is 6. The van der Waals surface area contributed by atoms with Gasteiger partial charge in [0, 0.05) is 29.5 Å². The monoisotopic (exact) mass is 501 g/mol. The number of nitrogens with one attached hydrogen (secondary N) is 1. The third-order valence-corrected chi connectivity index (χ3v) is 5.84. The van der Waals surface area contributed by atoms with Crippen LogP contribution in [0.15, 0.2) is 63.9 Å². The molecule has 1 aliphatic heterocycles. The van der Waals surface area contributed by atoms with Crippen molar-refractivity contribution < 1.29 is 28.1 Å². The largest absolute Gasteiger partial charge is 0.457 e. The number of amides is 3. The Balaban J connectivity index is 1.44. The number of furan rings is 1. The highest BCUT2D eigenvalue weighted by molar-refractivity contribution is 8.18. The summed E-state index contributed by atoms with van der Waals surface area (Å²) in [7, 11) is 0. The minimum Gasteiger partial charge on any atom is -0.457 e. The minimum atomic E-state index is -0.671. The number of hydrogen-bond acceptors (Lipinski definition) is 7. The number of halogens is 2. The second-order valence-corrected chi connectivity index (χ2v) is 8.35. The number of thioether (sulfide) groups is 1. The molecule has 4 rings (SSSR count). The van der Waals surface area contributed by atoms with Gasteiger partial charge in [-0.05, 0) is 54.2 Å². The molecule has 0 unspecified atom stereocenters. The van der Waals surface area contributed by atoms with Crippen LogP contribution >= 0.6 is 23.4 Å². The van der Waals surface area contributed by atoms with Crippen molar-refractivity contribution in [1.82, 2.24) is 4.90 Å². The quantitative estimate of drug-likeness (QED) is 0.275. The highest BCUT2D eigenvalue weighted by Crippen LogP contribution is 2.33. The fraction of sp³-hybridized carbons (Fsp3) is 0.0455. The number of anilines is 1. The van der Waals surface area contributed by atoms with Gasteiger partial charge in [-0.3, -0.25) is 29.4 Å². The number of non-ortho nitro benzene ring substituents is 1. The first-order valence-electron chi connectivity index (χ1n) is 9.56. The molecule has 0 spiro atoms. The van der Waals surface area contributed by atoms with Gasteiger partial charge in [-0.2, -0.15) is 0 Å². The molecule has 9 nitrogen and oxygen atoms in total. The zero-order chi connectivity index (χ0) is 24.4. The second kappa shape index (κ2) is 9.49. The van der Waals surface area contributed by atoms with Crippen LogP contribution in [0.3, 0.4) is 0 Å². The Bertz CT molecular complexity index is 1350. The molecule has 0 saturated carbocycles. The first-order chi connectivity index (χ1) is 16.2. The molecule has 2 aromatic carbocycles. The normalized spacial score (nSPS) is 14.6. The van der Waals surface area contributed by atoms with Crippen LogP contribution in [0.1, 0.15) is 5.76 Å². The van der Waals surface area contributed by atoms with Gasteiger partial charge in [0.1, 0.15) is 23.9 Å². The average molecular weight is 502 g/mol. The highest BCUT2D eigenvalue weighted by atomic mass is 35.5. The van der Waals surface area contributed by atoms with E-state index in [1.165, 1.54) is 42.5 Å². The van der Waals surface area contributed by atoms with E-state index < -0.39 is 34.3 Å². The summed E-state index contributed by atoms with van der Waals surface area (Å²) >= 11 is 6.33. The van der Waals surface area contributed by atoms with E-state index in [1.54, 1.807) is 12.1 Å². The van der Waals surface area contributed by atoms with Crippen molar-refractivity contribution in [2.24, 2.45) is 0 Å². The fourth-order valence-electron chi connectivity index (χ4n) is 3.02. The topological polar surface area (TPSA) is 123 Å². The van der Waals surface area contributed by atoms with Crippen LogP contribution in [0.4, 0.5) is 20.6 Å². The third kappa shape index (κ3) is 5.00. The van der Waals surface area contributed by atoms with Crippen LogP contribution in [0.5, 0.6) is 0 Å². The van der Waals surface area contributed by atoms with Gasteiger partial charge in [0.25, 0.3) is 16.8 Å².